The normalized spacial score (nSPS) is 16.1. The highest BCUT2D eigenvalue weighted by Crippen LogP contribution is 2.18. The summed E-state index contributed by atoms with van der Waals surface area (Å²) in [6, 6.07) is 4.73. The molecule has 1 aromatic heterocycles. The minimum atomic E-state index is 0.792. The first-order valence-electron chi connectivity index (χ1n) is 4.88. The van der Waals surface area contributed by atoms with E-state index in [1.807, 2.05) is 19.1 Å². The van der Waals surface area contributed by atoms with E-state index in [0.717, 1.165) is 30.8 Å². The monoisotopic (exact) mass is 180 g/mol. The molecule has 1 aliphatic carbocycles. The first-order valence-corrected chi connectivity index (χ1v) is 4.88. The van der Waals surface area contributed by atoms with Gasteiger partial charge in [-0.15, -0.1) is 0 Å². The Bertz CT molecular complexity index is 266. The zero-order chi connectivity index (χ0) is 9.10. The number of hydrogen-bond acceptors (Lipinski definition) is 3. The molecule has 2 N–H and O–H groups in total. The molecule has 0 radical (unpaired) electrons. The van der Waals surface area contributed by atoms with E-state index in [2.05, 4.69) is 10.6 Å². The molecule has 72 valence electrons. The van der Waals surface area contributed by atoms with Crippen molar-refractivity contribution in [1.29, 1.82) is 0 Å². The summed E-state index contributed by atoms with van der Waals surface area (Å²) >= 11 is 0. The van der Waals surface area contributed by atoms with Crippen LogP contribution in [0.25, 0.3) is 0 Å². The van der Waals surface area contributed by atoms with E-state index >= 15 is 0 Å². The van der Waals surface area contributed by atoms with E-state index in [4.69, 9.17) is 4.42 Å². The summed E-state index contributed by atoms with van der Waals surface area (Å²) in [6.45, 7) is 3.90. The van der Waals surface area contributed by atoms with Crippen LogP contribution >= 0.6 is 0 Å². The summed E-state index contributed by atoms with van der Waals surface area (Å²) in [5.74, 6) is 1.83. The molecule has 3 nitrogen and oxygen atoms in total. The summed E-state index contributed by atoms with van der Waals surface area (Å²) in [5.41, 5.74) is 0. The van der Waals surface area contributed by atoms with Crippen LogP contribution in [-0.2, 0) is 0 Å². The first kappa shape index (κ1) is 8.63. The summed E-state index contributed by atoms with van der Waals surface area (Å²) in [4.78, 5) is 0. The number of nitrogens with one attached hydrogen (secondary N) is 2. The SMILES string of the molecule is Cc1ccc(NCCNC2CC2)o1. The maximum atomic E-state index is 5.37. The van der Waals surface area contributed by atoms with Crippen LogP contribution in [0.4, 0.5) is 5.88 Å². The summed E-state index contributed by atoms with van der Waals surface area (Å²) in [5, 5.41) is 6.65. The number of rotatable bonds is 5. The van der Waals surface area contributed by atoms with Gasteiger partial charge in [-0.05, 0) is 25.8 Å². The van der Waals surface area contributed by atoms with Crippen LogP contribution in [0, 0.1) is 6.92 Å². The van der Waals surface area contributed by atoms with E-state index < -0.39 is 0 Å². The molecular weight excluding hydrogens is 164 g/mol. The average molecular weight is 180 g/mol. The van der Waals surface area contributed by atoms with Crippen molar-refractivity contribution >= 4 is 5.88 Å². The van der Waals surface area contributed by atoms with Crippen molar-refractivity contribution < 1.29 is 4.42 Å². The Morgan fingerprint density at radius 2 is 2.23 bits per heavy atom. The molecule has 0 aliphatic heterocycles. The highest BCUT2D eigenvalue weighted by molar-refractivity contribution is 5.31. The van der Waals surface area contributed by atoms with Crippen LogP contribution in [0.1, 0.15) is 18.6 Å². The lowest BCUT2D eigenvalue weighted by atomic mass is 10.5. The van der Waals surface area contributed by atoms with Crippen LogP contribution in [-0.4, -0.2) is 19.1 Å². The number of furan rings is 1. The van der Waals surface area contributed by atoms with Crippen LogP contribution in [0.15, 0.2) is 16.5 Å². The standard InChI is InChI=1S/C10H16N2O/c1-8-2-5-10(13-8)12-7-6-11-9-3-4-9/h2,5,9,11-12H,3-4,6-7H2,1H3. The maximum Gasteiger partial charge on any atom is 0.193 e. The Kier molecular flexibility index (Phi) is 2.54. The van der Waals surface area contributed by atoms with Gasteiger partial charge in [-0.1, -0.05) is 0 Å². The Morgan fingerprint density at radius 1 is 1.38 bits per heavy atom. The molecule has 1 heterocycles. The second kappa shape index (κ2) is 3.83. The lowest BCUT2D eigenvalue weighted by Crippen LogP contribution is -2.23. The maximum absolute atomic E-state index is 5.37. The van der Waals surface area contributed by atoms with Crippen LogP contribution in [0.5, 0.6) is 0 Å². The van der Waals surface area contributed by atoms with Crippen LogP contribution < -0.4 is 10.6 Å². The molecule has 13 heavy (non-hydrogen) atoms. The van der Waals surface area contributed by atoms with Gasteiger partial charge in [-0.2, -0.15) is 0 Å². The lowest BCUT2D eigenvalue weighted by Gasteiger charge is -2.03. The second-order valence-corrected chi connectivity index (χ2v) is 3.57. The van der Waals surface area contributed by atoms with Gasteiger partial charge in [0.1, 0.15) is 5.76 Å². The topological polar surface area (TPSA) is 37.2 Å². The average Bonchev–Trinajstić information content (AvgIpc) is 2.84. The van der Waals surface area contributed by atoms with E-state index in [1.165, 1.54) is 12.8 Å². The zero-order valence-corrected chi connectivity index (χ0v) is 7.97. The molecule has 1 saturated carbocycles. The molecule has 0 unspecified atom stereocenters. The molecular formula is C10H16N2O. The predicted molar refractivity (Wildman–Crippen MR) is 53.0 cm³/mol. The van der Waals surface area contributed by atoms with E-state index in [-0.39, 0.29) is 0 Å². The Hall–Kier alpha value is -0.960. The molecule has 0 saturated heterocycles. The van der Waals surface area contributed by atoms with Gasteiger partial charge in [0.05, 0.1) is 0 Å². The quantitative estimate of drug-likeness (QED) is 0.678. The molecule has 1 aromatic rings. The largest absolute Gasteiger partial charge is 0.446 e. The Labute approximate surface area is 78.5 Å². The molecule has 0 bridgehead atoms. The van der Waals surface area contributed by atoms with E-state index in [1.54, 1.807) is 0 Å². The lowest BCUT2D eigenvalue weighted by molar-refractivity contribution is 0.544. The minimum Gasteiger partial charge on any atom is -0.446 e. The number of aryl methyl sites for hydroxylation is 1. The third-order valence-corrected chi connectivity index (χ3v) is 2.17. The molecule has 0 atom stereocenters. The van der Waals surface area contributed by atoms with Crippen molar-refractivity contribution in [2.24, 2.45) is 0 Å². The highest BCUT2D eigenvalue weighted by Gasteiger charge is 2.19. The third-order valence-electron chi connectivity index (χ3n) is 2.17. The van der Waals surface area contributed by atoms with Crippen molar-refractivity contribution in [2.45, 2.75) is 25.8 Å². The van der Waals surface area contributed by atoms with Crippen molar-refractivity contribution in [3.63, 3.8) is 0 Å². The summed E-state index contributed by atoms with van der Waals surface area (Å²) < 4.78 is 5.37. The van der Waals surface area contributed by atoms with Crippen molar-refractivity contribution in [1.82, 2.24) is 5.32 Å². The van der Waals surface area contributed by atoms with Gasteiger partial charge in [-0.3, -0.25) is 0 Å². The number of anilines is 1. The van der Waals surface area contributed by atoms with E-state index in [9.17, 15) is 0 Å². The molecule has 1 fully saturated rings. The molecule has 0 aromatic carbocycles. The van der Waals surface area contributed by atoms with Gasteiger partial charge in [0, 0.05) is 25.2 Å². The number of hydrogen-bond donors (Lipinski definition) is 2. The Morgan fingerprint density at radius 3 is 2.85 bits per heavy atom. The van der Waals surface area contributed by atoms with Gasteiger partial charge >= 0.3 is 0 Å². The molecule has 1 aliphatic rings. The van der Waals surface area contributed by atoms with Crippen LogP contribution in [0.2, 0.25) is 0 Å². The Balaban J connectivity index is 1.61. The fraction of sp³-hybridized carbons (Fsp3) is 0.600. The fourth-order valence-electron chi connectivity index (χ4n) is 1.28. The van der Waals surface area contributed by atoms with Crippen molar-refractivity contribution in [2.75, 3.05) is 18.4 Å². The zero-order valence-electron chi connectivity index (χ0n) is 7.97. The van der Waals surface area contributed by atoms with Gasteiger partial charge in [0.25, 0.3) is 0 Å². The van der Waals surface area contributed by atoms with Gasteiger partial charge in [-0.25, -0.2) is 0 Å². The van der Waals surface area contributed by atoms with Gasteiger partial charge in [0.15, 0.2) is 5.88 Å². The van der Waals surface area contributed by atoms with E-state index in [0.29, 0.717) is 0 Å². The molecule has 2 rings (SSSR count). The molecule has 0 amide bonds. The predicted octanol–water partition coefficient (Wildman–Crippen LogP) is 1.75. The minimum absolute atomic E-state index is 0.792. The van der Waals surface area contributed by atoms with Gasteiger partial charge < -0.3 is 15.1 Å². The smallest absolute Gasteiger partial charge is 0.193 e. The first-order chi connectivity index (χ1) is 6.34. The van der Waals surface area contributed by atoms with Crippen molar-refractivity contribution in [3.8, 4) is 0 Å². The van der Waals surface area contributed by atoms with Crippen LogP contribution in [0.3, 0.4) is 0 Å². The second-order valence-electron chi connectivity index (χ2n) is 3.57. The van der Waals surface area contributed by atoms with Gasteiger partial charge in [0.2, 0.25) is 0 Å². The van der Waals surface area contributed by atoms with Crippen molar-refractivity contribution in [3.05, 3.63) is 17.9 Å². The fourth-order valence-corrected chi connectivity index (χ4v) is 1.28. The highest BCUT2D eigenvalue weighted by atomic mass is 16.4. The summed E-state index contributed by atoms with van der Waals surface area (Å²) in [6.07, 6.45) is 2.69. The molecule has 3 heteroatoms. The summed E-state index contributed by atoms with van der Waals surface area (Å²) in [7, 11) is 0. The third kappa shape index (κ3) is 2.77. The molecule has 0 spiro atoms.